The number of fused-ring (bicyclic) bond motifs is 1. The van der Waals surface area contributed by atoms with Gasteiger partial charge >= 0.3 is 0 Å². The predicted molar refractivity (Wildman–Crippen MR) is 98.7 cm³/mol. The molecule has 1 N–H and O–H groups in total. The maximum absolute atomic E-state index is 12.6. The van der Waals surface area contributed by atoms with Gasteiger partial charge < -0.3 is 14.8 Å². The first-order valence-electron chi connectivity index (χ1n) is 8.62. The van der Waals surface area contributed by atoms with E-state index in [2.05, 4.69) is 19.2 Å². The van der Waals surface area contributed by atoms with Crippen LogP contribution in [0.25, 0.3) is 0 Å². The van der Waals surface area contributed by atoms with E-state index in [0.29, 0.717) is 19.8 Å². The van der Waals surface area contributed by atoms with Crippen LogP contribution in [0.1, 0.15) is 40.9 Å². The molecule has 2 aromatic carbocycles. The van der Waals surface area contributed by atoms with Gasteiger partial charge in [-0.1, -0.05) is 37.6 Å². The first-order valence-corrected chi connectivity index (χ1v) is 8.62. The Balaban J connectivity index is 1.73. The molecule has 4 heteroatoms. The van der Waals surface area contributed by atoms with Crippen LogP contribution in [0.5, 0.6) is 11.5 Å². The van der Waals surface area contributed by atoms with Crippen molar-refractivity contribution in [2.45, 2.75) is 33.1 Å². The van der Waals surface area contributed by atoms with Crippen LogP contribution in [0.15, 0.2) is 36.4 Å². The molecule has 0 saturated carbocycles. The molecule has 132 valence electrons. The molecule has 4 nitrogen and oxygen atoms in total. The number of benzene rings is 2. The van der Waals surface area contributed by atoms with Crippen molar-refractivity contribution in [2.24, 2.45) is 0 Å². The topological polar surface area (TPSA) is 47.6 Å². The monoisotopic (exact) mass is 339 g/mol. The van der Waals surface area contributed by atoms with Crippen molar-refractivity contribution in [3.05, 3.63) is 58.7 Å². The fourth-order valence-corrected chi connectivity index (χ4v) is 2.94. The Kier molecular flexibility index (Phi) is 4.71. The van der Waals surface area contributed by atoms with Crippen LogP contribution >= 0.6 is 0 Å². The number of amides is 1. The van der Waals surface area contributed by atoms with E-state index in [9.17, 15) is 4.79 Å². The summed E-state index contributed by atoms with van der Waals surface area (Å²) in [5.41, 5.74) is 3.70. The third-order valence-corrected chi connectivity index (χ3v) is 4.65. The highest BCUT2D eigenvalue weighted by molar-refractivity contribution is 5.95. The molecule has 0 radical (unpaired) electrons. The molecule has 3 rings (SSSR count). The molecule has 1 heterocycles. The molecular formula is C21H25NO3. The number of carbonyl (C=O) groups excluding carboxylic acids is 1. The van der Waals surface area contributed by atoms with Crippen molar-refractivity contribution in [2.75, 3.05) is 19.8 Å². The second kappa shape index (κ2) is 6.79. The summed E-state index contributed by atoms with van der Waals surface area (Å²) >= 11 is 0. The van der Waals surface area contributed by atoms with Crippen LogP contribution in [0, 0.1) is 13.8 Å². The maximum atomic E-state index is 12.6. The van der Waals surface area contributed by atoms with Gasteiger partial charge in [0.1, 0.15) is 13.2 Å². The lowest BCUT2D eigenvalue weighted by Crippen LogP contribution is -2.37. The summed E-state index contributed by atoms with van der Waals surface area (Å²) in [6.45, 7) is 9.87. The Morgan fingerprint density at radius 2 is 1.76 bits per heavy atom. The standard InChI is InChI=1S/C21H25NO3/c1-14-5-6-15(2)17(11-14)20(23)22-13-21(3,4)16-7-8-18-19(12-16)25-10-9-24-18/h5-8,11-12H,9-10,13H2,1-4H3,(H,22,23). The molecule has 2 aromatic rings. The zero-order valence-corrected chi connectivity index (χ0v) is 15.3. The van der Waals surface area contributed by atoms with E-state index in [-0.39, 0.29) is 11.3 Å². The van der Waals surface area contributed by atoms with Crippen LogP contribution in [0.3, 0.4) is 0 Å². The van der Waals surface area contributed by atoms with Gasteiger partial charge in [0.05, 0.1) is 0 Å². The average Bonchev–Trinajstić information content (AvgIpc) is 2.61. The van der Waals surface area contributed by atoms with Crippen molar-refractivity contribution < 1.29 is 14.3 Å². The van der Waals surface area contributed by atoms with Gasteiger partial charge in [0.25, 0.3) is 5.91 Å². The number of aryl methyl sites for hydroxylation is 2. The lowest BCUT2D eigenvalue weighted by molar-refractivity contribution is 0.0945. The van der Waals surface area contributed by atoms with Gasteiger partial charge in [-0.05, 0) is 43.2 Å². The average molecular weight is 339 g/mol. The van der Waals surface area contributed by atoms with Crippen LogP contribution in [-0.2, 0) is 5.41 Å². The fraction of sp³-hybridized carbons (Fsp3) is 0.381. The minimum absolute atomic E-state index is 0.0354. The molecule has 25 heavy (non-hydrogen) atoms. The molecular weight excluding hydrogens is 314 g/mol. The number of carbonyl (C=O) groups is 1. The highest BCUT2D eigenvalue weighted by Crippen LogP contribution is 2.34. The third kappa shape index (κ3) is 3.78. The summed E-state index contributed by atoms with van der Waals surface area (Å²) in [5.74, 6) is 1.52. The van der Waals surface area contributed by atoms with E-state index in [4.69, 9.17) is 9.47 Å². The minimum Gasteiger partial charge on any atom is -0.486 e. The molecule has 1 amide bonds. The summed E-state index contributed by atoms with van der Waals surface area (Å²) in [4.78, 5) is 12.6. The second-order valence-electron chi connectivity index (χ2n) is 7.24. The molecule has 0 saturated heterocycles. The lowest BCUT2D eigenvalue weighted by atomic mass is 9.84. The largest absolute Gasteiger partial charge is 0.486 e. The quantitative estimate of drug-likeness (QED) is 0.922. The van der Waals surface area contributed by atoms with E-state index in [1.54, 1.807) is 0 Å². The Bertz CT molecular complexity index is 796. The lowest BCUT2D eigenvalue weighted by Gasteiger charge is -2.28. The molecule has 0 aromatic heterocycles. The summed E-state index contributed by atoms with van der Waals surface area (Å²) in [6, 6.07) is 11.9. The van der Waals surface area contributed by atoms with Crippen molar-refractivity contribution in [1.29, 1.82) is 0 Å². The molecule has 0 bridgehead atoms. The highest BCUT2D eigenvalue weighted by atomic mass is 16.6. The van der Waals surface area contributed by atoms with E-state index in [1.807, 2.05) is 50.2 Å². The Labute approximate surface area is 149 Å². The maximum Gasteiger partial charge on any atom is 0.251 e. The molecule has 0 fully saturated rings. The van der Waals surface area contributed by atoms with Gasteiger partial charge in [-0.2, -0.15) is 0 Å². The molecule has 0 spiro atoms. The Morgan fingerprint density at radius 3 is 2.52 bits per heavy atom. The van der Waals surface area contributed by atoms with E-state index >= 15 is 0 Å². The van der Waals surface area contributed by atoms with Crippen LogP contribution in [0.4, 0.5) is 0 Å². The van der Waals surface area contributed by atoms with Crippen LogP contribution in [0.2, 0.25) is 0 Å². The second-order valence-corrected chi connectivity index (χ2v) is 7.24. The third-order valence-electron chi connectivity index (χ3n) is 4.65. The van der Waals surface area contributed by atoms with Crippen LogP contribution < -0.4 is 14.8 Å². The first kappa shape index (κ1) is 17.3. The van der Waals surface area contributed by atoms with Gasteiger partial charge in [-0.25, -0.2) is 0 Å². The van der Waals surface area contributed by atoms with Gasteiger partial charge in [0, 0.05) is 17.5 Å². The normalized spacial score (nSPS) is 13.4. The predicted octanol–water partition coefficient (Wildman–Crippen LogP) is 3.78. The van der Waals surface area contributed by atoms with Gasteiger partial charge in [0.2, 0.25) is 0 Å². The van der Waals surface area contributed by atoms with Crippen molar-refractivity contribution in [3.8, 4) is 11.5 Å². The highest BCUT2D eigenvalue weighted by Gasteiger charge is 2.24. The number of nitrogens with one attached hydrogen (secondary N) is 1. The number of hydrogen-bond donors (Lipinski definition) is 1. The van der Waals surface area contributed by atoms with Gasteiger partial charge in [0.15, 0.2) is 11.5 Å². The SMILES string of the molecule is Cc1ccc(C)c(C(=O)NCC(C)(C)c2ccc3c(c2)OCCO3)c1. The number of hydrogen-bond acceptors (Lipinski definition) is 3. The summed E-state index contributed by atoms with van der Waals surface area (Å²) in [6.07, 6.45) is 0. The molecule has 0 aliphatic carbocycles. The van der Waals surface area contributed by atoms with Gasteiger partial charge in [-0.3, -0.25) is 4.79 Å². The van der Waals surface area contributed by atoms with Crippen molar-refractivity contribution in [1.82, 2.24) is 5.32 Å². The molecule has 1 aliphatic rings. The fourth-order valence-electron chi connectivity index (χ4n) is 2.94. The molecule has 0 unspecified atom stereocenters. The zero-order chi connectivity index (χ0) is 18.0. The molecule has 1 aliphatic heterocycles. The smallest absolute Gasteiger partial charge is 0.251 e. The minimum atomic E-state index is -0.219. The van der Waals surface area contributed by atoms with Crippen LogP contribution in [-0.4, -0.2) is 25.7 Å². The van der Waals surface area contributed by atoms with Gasteiger partial charge in [-0.15, -0.1) is 0 Å². The first-order chi connectivity index (χ1) is 11.9. The van der Waals surface area contributed by atoms with E-state index in [1.165, 1.54) is 0 Å². The number of rotatable bonds is 4. The van der Waals surface area contributed by atoms with Crippen molar-refractivity contribution in [3.63, 3.8) is 0 Å². The van der Waals surface area contributed by atoms with Crippen molar-refractivity contribution >= 4 is 5.91 Å². The Hall–Kier alpha value is -2.49. The van der Waals surface area contributed by atoms with E-state index in [0.717, 1.165) is 33.8 Å². The molecule has 0 atom stereocenters. The number of ether oxygens (including phenoxy) is 2. The van der Waals surface area contributed by atoms with E-state index < -0.39 is 0 Å². The summed E-state index contributed by atoms with van der Waals surface area (Å²) in [5, 5.41) is 3.07. The Morgan fingerprint density at radius 1 is 1.04 bits per heavy atom. The summed E-state index contributed by atoms with van der Waals surface area (Å²) < 4.78 is 11.2. The summed E-state index contributed by atoms with van der Waals surface area (Å²) in [7, 11) is 0. The zero-order valence-electron chi connectivity index (χ0n) is 15.3.